The molecule has 0 aromatic carbocycles. The number of halogens is 1. The van der Waals surface area contributed by atoms with E-state index >= 15 is 0 Å². The maximum absolute atomic E-state index is 6.98. The standard InChI is InChI=1S/C24H46INO3Si2/c1-13-20(28-30(9,10)23(3,4)5)18(2)21(29-31(11,12)24(6,7)8)16-22-26-19(14-15-25)17-27-22/h14-15,17-18,20-21H,13,16H2,1-12H3/b15-14+/t18-,20-,21+/m1/s1. The van der Waals surface area contributed by atoms with Crippen molar-refractivity contribution in [3.63, 3.8) is 0 Å². The number of hydrogen-bond acceptors (Lipinski definition) is 4. The Labute approximate surface area is 207 Å². The molecule has 0 spiro atoms. The van der Waals surface area contributed by atoms with Crippen LogP contribution in [0.1, 0.15) is 73.4 Å². The Kier molecular flexibility index (Phi) is 10.3. The molecule has 0 aliphatic rings. The molecule has 7 heteroatoms. The molecule has 31 heavy (non-hydrogen) atoms. The Bertz CT molecular complexity index is 717. The number of hydrogen-bond donors (Lipinski definition) is 0. The molecule has 0 saturated heterocycles. The van der Waals surface area contributed by atoms with Crippen LogP contribution in [0.25, 0.3) is 6.08 Å². The van der Waals surface area contributed by atoms with Crippen molar-refractivity contribution in [2.45, 2.75) is 117 Å². The van der Waals surface area contributed by atoms with E-state index in [0.717, 1.165) is 18.0 Å². The minimum absolute atomic E-state index is 0.00527. The first-order valence-corrected chi connectivity index (χ1v) is 18.6. The van der Waals surface area contributed by atoms with E-state index in [1.165, 1.54) is 0 Å². The molecule has 1 heterocycles. The lowest BCUT2D eigenvalue weighted by molar-refractivity contribution is 0.0303. The molecule has 0 aliphatic carbocycles. The van der Waals surface area contributed by atoms with E-state index < -0.39 is 16.6 Å². The van der Waals surface area contributed by atoms with Crippen LogP contribution in [-0.4, -0.2) is 33.8 Å². The molecule has 0 aliphatic heterocycles. The molecule has 1 aromatic heterocycles. The highest BCUT2D eigenvalue weighted by atomic mass is 127. The monoisotopic (exact) mass is 579 g/mol. The Balaban J connectivity index is 3.22. The van der Waals surface area contributed by atoms with Crippen LogP contribution in [0.5, 0.6) is 0 Å². The zero-order valence-electron chi connectivity index (χ0n) is 21.9. The summed E-state index contributed by atoms with van der Waals surface area (Å²) in [5.74, 6) is 0.978. The van der Waals surface area contributed by atoms with Gasteiger partial charge in [0.25, 0.3) is 0 Å². The van der Waals surface area contributed by atoms with Crippen LogP contribution in [0.3, 0.4) is 0 Å². The van der Waals surface area contributed by atoms with Crippen LogP contribution >= 0.6 is 22.6 Å². The summed E-state index contributed by atoms with van der Waals surface area (Å²) in [6.45, 7) is 27.6. The van der Waals surface area contributed by atoms with Gasteiger partial charge in [-0.25, -0.2) is 4.98 Å². The van der Waals surface area contributed by atoms with E-state index in [1.807, 2.05) is 10.2 Å². The lowest BCUT2D eigenvalue weighted by Crippen LogP contribution is -2.51. The molecule has 0 N–H and O–H groups in total. The van der Waals surface area contributed by atoms with Gasteiger partial charge in [-0.2, -0.15) is 0 Å². The van der Waals surface area contributed by atoms with E-state index in [-0.39, 0.29) is 28.2 Å². The van der Waals surface area contributed by atoms with Gasteiger partial charge in [-0.3, -0.25) is 0 Å². The largest absolute Gasteiger partial charge is 0.448 e. The first-order valence-electron chi connectivity index (χ1n) is 11.5. The Hall–Kier alpha value is 0.0338. The second-order valence-corrected chi connectivity index (χ2v) is 22.0. The van der Waals surface area contributed by atoms with Crippen molar-refractivity contribution in [3.8, 4) is 0 Å². The summed E-state index contributed by atoms with van der Waals surface area (Å²) in [4.78, 5) is 4.66. The number of nitrogens with zero attached hydrogens (tertiary/aromatic N) is 1. The summed E-state index contributed by atoms with van der Waals surface area (Å²) in [5.41, 5.74) is 0.854. The molecule has 1 aromatic rings. The Morgan fingerprint density at radius 2 is 1.48 bits per heavy atom. The third-order valence-electron chi connectivity index (χ3n) is 7.26. The zero-order valence-corrected chi connectivity index (χ0v) is 26.1. The van der Waals surface area contributed by atoms with Gasteiger partial charge in [-0.1, -0.05) is 78.0 Å². The molecular formula is C24H46INO3Si2. The fourth-order valence-corrected chi connectivity index (χ4v) is 6.25. The van der Waals surface area contributed by atoms with Gasteiger partial charge in [-0.05, 0) is 52.8 Å². The zero-order chi connectivity index (χ0) is 24.3. The van der Waals surface area contributed by atoms with Crippen molar-refractivity contribution in [2.24, 2.45) is 5.92 Å². The van der Waals surface area contributed by atoms with Gasteiger partial charge in [0.2, 0.25) is 0 Å². The van der Waals surface area contributed by atoms with Gasteiger partial charge in [0.05, 0.1) is 6.10 Å². The Morgan fingerprint density at radius 1 is 1.00 bits per heavy atom. The minimum Gasteiger partial charge on any atom is -0.448 e. The molecule has 0 fully saturated rings. The van der Waals surface area contributed by atoms with Crippen molar-refractivity contribution in [2.75, 3.05) is 0 Å². The van der Waals surface area contributed by atoms with E-state index in [0.29, 0.717) is 6.42 Å². The summed E-state index contributed by atoms with van der Waals surface area (Å²) >= 11 is 2.20. The quantitative estimate of drug-likeness (QED) is 0.206. The molecular weight excluding hydrogens is 533 g/mol. The molecule has 0 unspecified atom stereocenters. The van der Waals surface area contributed by atoms with Crippen molar-refractivity contribution < 1.29 is 13.3 Å². The minimum atomic E-state index is -1.98. The average Bonchev–Trinajstić information content (AvgIpc) is 3.03. The van der Waals surface area contributed by atoms with Crippen molar-refractivity contribution in [1.82, 2.24) is 4.98 Å². The van der Waals surface area contributed by atoms with Gasteiger partial charge < -0.3 is 13.3 Å². The third kappa shape index (κ3) is 8.08. The van der Waals surface area contributed by atoms with Crippen LogP contribution < -0.4 is 0 Å². The maximum atomic E-state index is 6.98. The molecule has 0 bridgehead atoms. The van der Waals surface area contributed by atoms with Crippen LogP contribution in [0.4, 0.5) is 0 Å². The lowest BCUT2D eigenvalue weighted by atomic mass is 9.94. The summed E-state index contributed by atoms with van der Waals surface area (Å²) in [7, 11) is -3.86. The van der Waals surface area contributed by atoms with Gasteiger partial charge in [0.15, 0.2) is 22.5 Å². The topological polar surface area (TPSA) is 44.5 Å². The average molecular weight is 580 g/mol. The summed E-state index contributed by atoms with van der Waals surface area (Å²) in [6, 6.07) is 0. The molecule has 3 atom stereocenters. The first kappa shape index (κ1) is 29.1. The summed E-state index contributed by atoms with van der Waals surface area (Å²) < 4.78 is 21.6. The molecule has 0 amide bonds. The summed E-state index contributed by atoms with van der Waals surface area (Å²) in [5, 5.41) is 0.317. The first-order chi connectivity index (χ1) is 13.9. The van der Waals surface area contributed by atoms with Gasteiger partial charge in [0, 0.05) is 18.4 Å². The highest BCUT2D eigenvalue weighted by molar-refractivity contribution is 14.1. The van der Waals surface area contributed by atoms with Gasteiger partial charge in [-0.15, -0.1) is 0 Å². The van der Waals surface area contributed by atoms with Crippen LogP contribution in [-0.2, 0) is 15.3 Å². The number of rotatable bonds is 10. The molecule has 1 rings (SSSR count). The molecule has 0 saturated carbocycles. The third-order valence-corrected chi connectivity index (χ3v) is 16.6. The highest BCUT2D eigenvalue weighted by Gasteiger charge is 2.44. The van der Waals surface area contributed by atoms with E-state index in [2.05, 4.69) is 109 Å². The van der Waals surface area contributed by atoms with Crippen LogP contribution in [0.15, 0.2) is 14.8 Å². The van der Waals surface area contributed by atoms with Crippen LogP contribution in [0.2, 0.25) is 36.3 Å². The second kappa shape index (κ2) is 11.0. The molecule has 0 radical (unpaired) electrons. The van der Waals surface area contributed by atoms with E-state index in [4.69, 9.17) is 13.3 Å². The fourth-order valence-electron chi connectivity index (χ4n) is 2.98. The highest BCUT2D eigenvalue weighted by Crippen LogP contribution is 2.41. The van der Waals surface area contributed by atoms with Crippen molar-refractivity contribution in [1.29, 1.82) is 0 Å². The van der Waals surface area contributed by atoms with Crippen molar-refractivity contribution >= 4 is 45.3 Å². The second-order valence-electron chi connectivity index (χ2n) is 11.8. The van der Waals surface area contributed by atoms with Gasteiger partial charge in [0.1, 0.15) is 12.0 Å². The molecule has 180 valence electrons. The normalized spacial score (nSPS) is 17.2. The van der Waals surface area contributed by atoms with E-state index in [1.54, 1.807) is 6.26 Å². The Morgan fingerprint density at radius 3 is 1.90 bits per heavy atom. The predicted octanol–water partition coefficient (Wildman–Crippen LogP) is 8.45. The van der Waals surface area contributed by atoms with Crippen LogP contribution in [0, 0.1) is 5.92 Å². The number of aromatic nitrogens is 1. The summed E-state index contributed by atoms with van der Waals surface area (Å²) in [6.07, 6.45) is 5.47. The molecule has 4 nitrogen and oxygen atoms in total. The van der Waals surface area contributed by atoms with Crippen molar-refractivity contribution in [3.05, 3.63) is 21.9 Å². The maximum Gasteiger partial charge on any atom is 0.197 e. The smallest absolute Gasteiger partial charge is 0.197 e. The lowest BCUT2D eigenvalue weighted by Gasteiger charge is -2.45. The number of oxazole rings is 1. The SMILES string of the molecule is CC[C@@H](O[Si](C)(C)C(C)(C)C)[C@@H](C)[C@H](Cc1nc(/C=C/I)co1)O[Si](C)(C)C(C)(C)C. The predicted molar refractivity (Wildman–Crippen MR) is 147 cm³/mol. The fraction of sp³-hybridized carbons (Fsp3) is 0.792. The van der Waals surface area contributed by atoms with Gasteiger partial charge >= 0.3 is 0 Å². The van der Waals surface area contributed by atoms with E-state index in [9.17, 15) is 0 Å².